The molecule has 0 aromatic heterocycles. The molecule has 0 saturated heterocycles. The molecule has 10 nitrogen and oxygen atoms in total. The lowest BCUT2D eigenvalue weighted by Crippen LogP contribution is -2.58. The second kappa shape index (κ2) is 10.5. The molecule has 2 aliphatic rings. The maximum Gasteiger partial charge on any atom is 0.411 e. The summed E-state index contributed by atoms with van der Waals surface area (Å²) >= 11 is 0. The van der Waals surface area contributed by atoms with E-state index in [0.717, 1.165) is 10.8 Å². The van der Waals surface area contributed by atoms with Gasteiger partial charge in [0, 0.05) is 23.9 Å². The third-order valence-electron chi connectivity index (χ3n) is 6.77. The molecule has 4 rings (SSSR count). The van der Waals surface area contributed by atoms with Gasteiger partial charge >= 0.3 is 24.1 Å². The first-order valence-electron chi connectivity index (χ1n) is 12.8. The van der Waals surface area contributed by atoms with Crippen LogP contribution in [0.3, 0.4) is 0 Å². The monoisotopic (exact) mass is 526 g/mol. The van der Waals surface area contributed by atoms with Crippen molar-refractivity contribution in [3.05, 3.63) is 42.5 Å². The molecular weight excluding hydrogens is 492 g/mol. The standard InChI is InChI=1S/C28H34N2O8/c1-6-35-23(31)21-20-19(37-25(33)29-18-13-12-16-10-8-9-11-17(16)14-18)15-28(22(20)21,24(32)36-7-2)30-26(34)38-27(3,4)5/h8-14,19-22H,6-7,15H2,1-5H3,(H,29,33)(H,30,34)/t19?,20?,21-,22?,28?/m0/s1. The van der Waals surface area contributed by atoms with E-state index >= 15 is 0 Å². The molecule has 10 heteroatoms. The number of hydrogen-bond donors (Lipinski definition) is 2. The summed E-state index contributed by atoms with van der Waals surface area (Å²) in [6, 6.07) is 13.2. The van der Waals surface area contributed by atoms with E-state index in [1.807, 2.05) is 36.4 Å². The number of anilines is 1. The van der Waals surface area contributed by atoms with Gasteiger partial charge in [-0.05, 0) is 57.5 Å². The number of nitrogens with one attached hydrogen (secondary N) is 2. The Bertz CT molecular complexity index is 1240. The van der Waals surface area contributed by atoms with Crippen LogP contribution in [0.1, 0.15) is 41.0 Å². The summed E-state index contributed by atoms with van der Waals surface area (Å²) < 4.78 is 21.7. The highest BCUT2D eigenvalue weighted by Crippen LogP contribution is 2.64. The van der Waals surface area contributed by atoms with Gasteiger partial charge in [-0.1, -0.05) is 30.3 Å². The topological polar surface area (TPSA) is 129 Å². The Labute approximate surface area is 221 Å². The van der Waals surface area contributed by atoms with Crippen molar-refractivity contribution in [1.29, 1.82) is 0 Å². The zero-order valence-electron chi connectivity index (χ0n) is 22.2. The fraction of sp³-hybridized carbons (Fsp3) is 0.500. The van der Waals surface area contributed by atoms with Crippen molar-refractivity contribution in [2.45, 2.75) is 58.3 Å². The molecule has 0 radical (unpaired) electrons. The number of ether oxygens (including phenoxy) is 4. The molecule has 38 heavy (non-hydrogen) atoms. The highest BCUT2D eigenvalue weighted by Gasteiger charge is 2.77. The minimum atomic E-state index is -1.62. The van der Waals surface area contributed by atoms with Crippen LogP contribution in [0.25, 0.3) is 10.8 Å². The van der Waals surface area contributed by atoms with Crippen LogP contribution in [0.4, 0.5) is 15.3 Å². The minimum absolute atomic E-state index is 0.0615. The Balaban J connectivity index is 1.57. The van der Waals surface area contributed by atoms with Gasteiger partial charge in [0.2, 0.25) is 0 Å². The molecule has 2 saturated carbocycles. The Hall–Kier alpha value is -3.82. The van der Waals surface area contributed by atoms with Crippen LogP contribution in [-0.2, 0) is 28.5 Å². The second-order valence-electron chi connectivity index (χ2n) is 10.5. The average Bonchev–Trinajstić information content (AvgIpc) is 3.51. The number of rotatable bonds is 7. The zero-order valence-corrected chi connectivity index (χ0v) is 22.2. The molecule has 0 bridgehead atoms. The second-order valence-corrected chi connectivity index (χ2v) is 10.5. The molecule has 2 N–H and O–H groups in total. The van der Waals surface area contributed by atoms with Crippen molar-refractivity contribution in [2.75, 3.05) is 18.5 Å². The van der Waals surface area contributed by atoms with E-state index in [0.29, 0.717) is 5.69 Å². The van der Waals surface area contributed by atoms with E-state index in [2.05, 4.69) is 10.6 Å². The Morgan fingerprint density at radius 3 is 2.29 bits per heavy atom. The third-order valence-corrected chi connectivity index (χ3v) is 6.77. The molecule has 2 aromatic carbocycles. The van der Waals surface area contributed by atoms with Crippen molar-refractivity contribution in [3.63, 3.8) is 0 Å². The highest BCUT2D eigenvalue weighted by molar-refractivity contribution is 5.93. The highest BCUT2D eigenvalue weighted by atomic mass is 16.6. The maximum absolute atomic E-state index is 13.3. The fourth-order valence-corrected chi connectivity index (χ4v) is 5.39. The fourth-order valence-electron chi connectivity index (χ4n) is 5.39. The summed E-state index contributed by atoms with van der Waals surface area (Å²) in [6.07, 6.45) is -2.49. The summed E-state index contributed by atoms with van der Waals surface area (Å²) in [7, 11) is 0. The van der Waals surface area contributed by atoms with Crippen LogP contribution < -0.4 is 10.6 Å². The minimum Gasteiger partial charge on any atom is -0.466 e. The smallest absolute Gasteiger partial charge is 0.411 e. The number of amides is 2. The van der Waals surface area contributed by atoms with Gasteiger partial charge in [0.1, 0.15) is 17.2 Å². The molecule has 204 valence electrons. The molecule has 2 amide bonds. The number of carbonyl (C=O) groups excluding carboxylic acids is 4. The number of fused-ring (bicyclic) bond motifs is 2. The van der Waals surface area contributed by atoms with Crippen LogP contribution in [0.5, 0.6) is 0 Å². The van der Waals surface area contributed by atoms with Gasteiger partial charge in [-0.25, -0.2) is 14.4 Å². The third kappa shape index (κ3) is 5.54. The number of benzene rings is 2. The average molecular weight is 527 g/mol. The molecule has 0 heterocycles. The van der Waals surface area contributed by atoms with E-state index in [4.69, 9.17) is 18.9 Å². The first-order chi connectivity index (χ1) is 18.0. The number of carbonyl (C=O) groups is 4. The lowest BCUT2D eigenvalue weighted by molar-refractivity contribution is -0.154. The van der Waals surface area contributed by atoms with Gasteiger partial charge in [-0.3, -0.25) is 10.1 Å². The number of esters is 2. The van der Waals surface area contributed by atoms with Gasteiger partial charge in [0.05, 0.1) is 19.1 Å². The molecule has 5 atom stereocenters. The van der Waals surface area contributed by atoms with Crippen molar-refractivity contribution in [3.8, 4) is 0 Å². The zero-order chi connectivity index (χ0) is 27.7. The van der Waals surface area contributed by atoms with Crippen molar-refractivity contribution >= 4 is 40.6 Å². The summed E-state index contributed by atoms with van der Waals surface area (Å²) in [5.74, 6) is -3.19. The quantitative estimate of drug-likeness (QED) is 0.401. The van der Waals surface area contributed by atoms with Crippen LogP contribution in [0.15, 0.2) is 42.5 Å². The van der Waals surface area contributed by atoms with Crippen molar-refractivity contribution in [2.24, 2.45) is 17.8 Å². The maximum atomic E-state index is 13.3. The van der Waals surface area contributed by atoms with Crippen LogP contribution >= 0.6 is 0 Å². The van der Waals surface area contributed by atoms with E-state index in [-0.39, 0.29) is 19.6 Å². The normalized spacial score (nSPS) is 25.6. The van der Waals surface area contributed by atoms with Gasteiger partial charge < -0.3 is 24.3 Å². The first kappa shape index (κ1) is 27.2. The van der Waals surface area contributed by atoms with E-state index in [1.165, 1.54) is 0 Å². The Morgan fingerprint density at radius 1 is 0.947 bits per heavy atom. The van der Waals surface area contributed by atoms with Gasteiger partial charge in [-0.2, -0.15) is 0 Å². The molecule has 4 unspecified atom stereocenters. The molecule has 2 aromatic rings. The predicted octanol–water partition coefficient (Wildman–Crippen LogP) is 4.41. The number of alkyl carbamates (subject to hydrolysis) is 1. The van der Waals surface area contributed by atoms with Crippen LogP contribution in [0.2, 0.25) is 0 Å². The number of hydrogen-bond acceptors (Lipinski definition) is 8. The Kier molecular flexibility index (Phi) is 7.53. The molecule has 2 fully saturated rings. The largest absolute Gasteiger partial charge is 0.466 e. The summed E-state index contributed by atoms with van der Waals surface area (Å²) in [5, 5.41) is 7.35. The SMILES string of the molecule is CCOC(=O)[C@H]1C2C(OC(=O)Nc3ccc4ccccc4c3)CC(NC(=O)OC(C)(C)C)(C(=O)OCC)C21. The van der Waals surface area contributed by atoms with E-state index in [9.17, 15) is 19.2 Å². The summed E-state index contributed by atoms with van der Waals surface area (Å²) in [4.78, 5) is 51.8. The van der Waals surface area contributed by atoms with Gasteiger partial charge in [0.15, 0.2) is 0 Å². The first-order valence-corrected chi connectivity index (χ1v) is 12.8. The lowest BCUT2D eigenvalue weighted by atomic mass is 9.89. The van der Waals surface area contributed by atoms with E-state index in [1.54, 1.807) is 40.7 Å². The molecule has 0 aliphatic heterocycles. The lowest BCUT2D eigenvalue weighted by Gasteiger charge is -2.33. The van der Waals surface area contributed by atoms with Crippen molar-refractivity contribution < 1.29 is 38.1 Å². The van der Waals surface area contributed by atoms with Gasteiger partial charge in [-0.15, -0.1) is 0 Å². The Morgan fingerprint density at radius 2 is 1.63 bits per heavy atom. The molecule has 2 aliphatic carbocycles. The van der Waals surface area contributed by atoms with Crippen LogP contribution in [0, 0.1) is 17.8 Å². The predicted molar refractivity (Wildman–Crippen MR) is 138 cm³/mol. The summed E-state index contributed by atoms with van der Waals surface area (Å²) in [5.41, 5.74) is -1.91. The van der Waals surface area contributed by atoms with E-state index < -0.39 is 59.1 Å². The van der Waals surface area contributed by atoms with Crippen LogP contribution in [-0.4, -0.2) is 54.6 Å². The summed E-state index contributed by atoms with van der Waals surface area (Å²) in [6.45, 7) is 8.62. The van der Waals surface area contributed by atoms with Crippen molar-refractivity contribution in [1.82, 2.24) is 5.32 Å². The molecule has 0 spiro atoms. The van der Waals surface area contributed by atoms with Gasteiger partial charge in [0.25, 0.3) is 0 Å². The molecular formula is C28H34N2O8.